The van der Waals surface area contributed by atoms with Crippen LogP contribution < -0.4 is 0 Å². The lowest BCUT2D eigenvalue weighted by molar-refractivity contribution is -0.161. The van der Waals surface area contributed by atoms with Crippen molar-refractivity contribution < 1.29 is 80.2 Å². The number of aliphatic hydroxyl groups is 1. The third-order valence-corrected chi connectivity index (χ3v) is 19.1. The Bertz CT molecular complexity index is 2750. The van der Waals surface area contributed by atoms with Gasteiger partial charge in [0.2, 0.25) is 0 Å². The number of phosphoric acid groups is 2. The van der Waals surface area contributed by atoms with E-state index in [1.807, 2.05) is 30.4 Å². The predicted octanol–water partition coefficient (Wildman–Crippen LogP) is 25.3. The molecule has 0 heterocycles. The van der Waals surface area contributed by atoms with Gasteiger partial charge in [-0.3, -0.25) is 37.3 Å². The number of unbranched alkanes of at least 4 members (excludes halogenated alkanes) is 24. The third kappa shape index (κ3) is 80.5. The van der Waals surface area contributed by atoms with E-state index in [-0.39, 0.29) is 25.7 Å². The largest absolute Gasteiger partial charge is 0.472 e. The number of hydrogen-bond donors (Lipinski definition) is 3. The Hall–Kier alpha value is -5.58. The number of rotatable bonds is 78. The second-order valence-electron chi connectivity index (χ2n) is 27.7. The van der Waals surface area contributed by atoms with Gasteiger partial charge in [0, 0.05) is 25.7 Å². The van der Waals surface area contributed by atoms with Crippen molar-refractivity contribution in [2.45, 2.75) is 341 Å². The van der Waals surface area contributed by atoms with Gasteiger partial charge >= 0.3 is 39.5 Å². The summed E-state index contributed by atoms with van der Waals surface area (Å²) in [4.78, 5) is 73.2. The van der Waals surface area contributed by atoms with E-state index < -0.39 is 97.5 Å². The first-order valence-electron chi connectivity index (χ1n) is 42.4. The molecular weight excluding hydrogens is 1430 g/mol. The summed E-state index contributed by atoms with van der Waals surface area (Å²) < 4.78 is 68.6. The maximum atomic E-state index is 13.1. The van der Waals surface area contributed by atoms with Crippen molar-refractivity contribution in [3.63, 3.8) is 0 Å². The quantitative estimate of drug-likeness (QED) is 0.0169. The summed E-state index contributed by atoms with van der Waals surface area (Å²) in [6.07, 6.45) is 97.7. The number of allylic oxidation sites excluding steroid dienone is 28. The first-order valence-corrected chi connectivity index (χ1v) is 45.4. The SMILES string of the molecule is CC/C=C\C/C=C\C/C=C\C/C=C\C/C=C\CCCCCC(=O)O[C@H](COC(=O)CCCCCCCCCCCCCCCCC)COP(=O)(O)OC[C@H](O)COP(=O)(O)OC[C@@H](COC(=O)CCC/C=C\C/C=C\C/C=C\C/C=C\CCCCC)OC(=O)CC/C=C\C/C=C\C/C=C\C/C=C\C/C=C\CCCCC. The van der Waals surface area contributed by atoms with Crippen LogP contribution >= 0.6 is 15.6 Å². The average molecular weight is 1580 g/mol. The van der Waals surface area contributed by atoms with E-state index in [9.17, 15) is 43.2 Å². The molecule has 0 fully saturated rings. The van der Waals surface area contributed by atoms with Crippen LogP contribution in [0.5, 0.6) is 0 Å². The molecule has 0 aliphatic rings. The molecule has 0 aliphatic carbocycles. The Morgan fingerprint density at radius 1 is 0.264 bits per heavy atom. The normalized spacial score (nSPS) is 14.6. The van der Waals surface area contributed by atoms with Gasteiger partial charge in [0.25, 0.3) is 0 Å². The summed E-state index contributed by atoms with van der Waals surface area (Å²) in [6, 6.07) is 0. The van der Waals surface area contributed by atoms with Gasteiger partial charge in [-0.25, -0.2) is 9.13 Å². The summed E-state index contributed by atoms with van der Waals surface area (Å²) >= 11 is 0. The highest BCUT2D eigenvalue weighted by atomic mass is 31.2. The van der Waals surface area contributed by atoms with Crippen LogP contribution in [-0.4, -0.2) is 96.7 Å². The summed E-state index contributed by atoms with van der Waals surface area (Å²) in [6.45, 7) is 4.54. The third-order valence-electron chi connectivity index (χ3n) is 17.2. The summed E-state index contributed by atoms with van der Waals surface area (Å²) in [5.41, 5.74) is 0. The van der Waals surface area contributed by atoms with E-state index in [0.717, 1.165) is 128 Å². The number of ether oxygens (including phenoxy) is 4. The molecule has 0 rings (SSSR count). The number of carbonyl (C=O) groups is 4. The summed E-state index contributed by atoms with van der Waals surface area (Å²) in [5.74, 6) is -2.38. The molecule has 0 aromatic rings. The van der Waals surface area contributed by atoms with E-state index in [0.29, 0.717) is 38.5 Å². The number of phosphoric ester groups is 2. The Kier molecular flexibility index (Phi) is 77.3. The Morgan fingerprint density at radius 2 is 0.500 bits per heavy atom. The Labute approximate surface area is 667 Å². The molecule has 0 saturated heterocycles. The van der Waals surface area contributed by atoms with Gasteiger partial charge in [-0.2, -0.15) is 0 Å². The van der Waals surface area contributed by atoms with Crippen LogP contribution in [-0.2, 0) is 65.4 Å². The zero-order chi connectivity index (χ0) is 80.3. The molecule has 626 valence electrons. The van der Waals surface area contributed by atoms with Crippen LogP contribution in [0.1, 0.15) is 323 Å². The van der Waals surface area contributed by atoms with Gasteiger partial charge in [-0.1, -0.05) is 320 Å². The van der Waals surface area contributed by atoms with Crippen LogP contribution in [0.2, 0.25) is 0 Å². The lowest BCUT2D eigenvalue weighted by Gasteiger charge is -2.21. The molecule has 0 spiro atoms. The van der Waals surface area contributed by atoms with E-state index in [2.05, 4.69) is 167 Å². The van der Waals surface area contributed by atoms with E-state index in [1.54, 1.807) is 0 Å². The lowest BCUT2D eigenvalue weighted by atomic mass is 10.0. The fraction of sp³-hybridized carbons (Fsp3) is 0.648. The fourth-order valence-corrected chi connectivity index (χ4v) is 12.3. The second-order valence-corrected chi connectivity index (χ2v) is 30.6. The van der Waals surface area contributed by atoms with Crippen molar-refractivity contribution in [1.82, 2.24) is 0 Å². The molecular formula is C91H150O17P2. The summed E-state index contributed by atoms with van der Waals surface area (Å²) in [5, 5.41) is 10.7. The molecule has 0 aliphatic heterocycles. The van der Waals surface area contributed by atoms with Crippen LogP contribution in [0.15, 0.2) is 170 Å². The van der Waals surface area contributed by atoms with Gasteiger partial charge in [-0.05, 0) is 148 Å². The molecule has 3 N–H and O–H groups in total. The molecule has 0 saturated carbocycles. The molecule has 2 unspecified atom stereocenters. The molecule has 0 amide bonds. The molecule has 19 heteroatoms. The molecule has 17 nitrogen and oxygen atoms in total. The van der Waals surface area contributed by atoms with Crippen molar-refractivity contribution in [3.8, 4) is 0 Å². The molecule has 110 heavy (non-hydrogen) atoms. The van der Waals surface area contributed by atoms with E-state index in [1.165, 1.54) is 103 Å². The number of carbonyl (C=O) groups excluding carboxylic acids is 4. The van der Waals surface area contributed by atoms with Crippen LogP contribution in [0.3, 0.4) is 0 Å². The molecule has 0 aromatic carbocycles. The highest BCUT2D eigenvalue weighted by Crippen LogP contribution is 2.45. The zero-order valence-corrected chi connectivity index (χ0v) is 70.4. The minimum absolute atomic E-state index is 0.0463. The monoisotopic (exact) mass is 1580 g/mol. The topological polar surface area (TPSA) is 237 Å². The molecule has 5 atom stereocenters. The van der Waals surface area contributed by atoms with Crippen molar-refractivity contribution in [2.75, 3.05) is 39.6 Å². The highest BCUT2D eigenvalue weighted by Gasteiger charge is 2.30. The number of hydrogen-bond acceptors (Lipinski definition) is 15. The van der Waals surface area contributed by atoms with Gasteiger partial charge in [0.15, 0.2) is 12.2 Å². The molecule has 0 radical (unpaired) electrons. The Balaban J connectivity index is 5.54. The Morgan fingerprint density at radius 3 is 0.836 bits per heavy atom. The lowest BCUT2D eigenvalue weighted by Crippen LogP contribution is -2.30. The van der Waals surface area contributed by atoms with E-state index >= 15 is 0 Å². The van der Waals surface area contributed by atoms with E-state index in [4.69, 9.17) is 37.0 Å². The van der Waals surface area contributed by atoms with Gasteiger partial charge in [0.05, 0.1) is 26.4 Å². The minimum atomic E-state index is -5.02. The average Bonchev–Trinajstić information content (AvgIpc) is 0.905. The van der Waals surface area contributed by atoms with Crippen molar-refractivity contribution in [3.05, 3.63) is 170 Å². The van der Waals surface area contributed by atoms with Crippen molar-refractivity contribution >= 4 is 39.5 Å². The fourth-order valence-electron chi connectivity index (χ4n) is 10.8. The first kappa shape index (κ1) is 104. The maximum Gasteiger partial charge on any atom is 0.472 e. The van der Waals surface area contributed by atoms with Crippen molar-refractivity contribution in [1.29, 1.82) is 0 Å². The van der Waals surface area contributed by atoms with Crippen LogP contribution in [0.25, 0.3) is 0 Å². The minimum Gasteiger partial charge on any atom is -0.462 e. The van der Waals surface area contributed by atoms with Crippen LogP contribution in [0, 0.1) is 0 Å². The predicted molar refractivity (Wildman–Crippen MR) is 454 cm³/mol. The summed E-state index contributed by atoms with van der Waals surface area (Å²) in [7, 11) is -10.0. The van der Waals surface area contributed by atoms with Gasteiger partial charge in [0.1, 0.15) is 19.3 Å². The van der Waals surface area contributed by atoms with Crippen LogP contribution in [0.4, 0.5) is 0 Å². The first-order chi connectivity index (χ1) is 53.7. The number of esters is 4. The second kappa shape index (κ2) is 81.4. The maximum absolute atomic E-state index is 13.1. The van der Waals surface area contributed by atoms with Gasteiger partial charge < -0.3 is 33.8 Å². The zero-order valence-electron chi connectivity index (χ0n) is 68.6. The highest BCUT2D eigenvalue weighted by molar-refractivity contribution is 7.47. The standard InChI is InChI=1S/C91H150O17P2/c1-5-9-13-17-21-25-29-33-37-40-42-45-49-53-57-61-65-69-73-77-90(95)107-86(81-101-88(93)75-71-67-63-59-55-51-47-36-32-28-24-20-16-12-8-4)83-105-109(97,98)103-79-85(92)80-104-110(99,100)106-84-87(82-102-89(94)76-72-68-64-60-56-52-48-44-39-35-31-27-23-19-15-11-7-3)108-91(96)78-74-70-66-62-58-54-50-46-43-41-38-34-30-26-22-18-14-10-6-2/h9,13,21-23,25-27,33-35,37-39,42-43,45-46,48,52-54,57-58,60,64,66,70,85-87,92H,5-8,10-12,14-20,24,28-32,36,40-41,44,47,49-51,55-56,59,61-63,65,67-69,71-84H2,1-4H3,(H,97,98)(H,99,100)/b13-9-,25-21-,26-22-,27-23-,37-33-,38-34-,39-35-,45-42-,46-43-,52-48-,57-53-,58-54-,64-60-,70-66-/t85-,86+,87+/m0/s1. The molecule has 0 aromatic heterocycles. The molecule has 0 bridgehead atoms. The smallest absolute Gasteiger partial charge is 0.462 e. The van der Waals surface area contributed by atoms with Crippen molar-refractivity contribution in [2.24, 2.45) is 0 Å². The number of aliphatic hydroxyl groups excluding tert-OH is 1. The van der Waals surface area contributed by atoms with Gasteiger partial charge in [-0.15, -0.1) is 0 Å².